The molecule has 1 rings (SSSR count). The summed E-state index contributed by atoms with van der Waals surface area (Å²) < 4.78 is 0. The Morgan fingerprint density at radius 3 is 2.89 bits per heavy atom. The summed E-state index contributed by atoms with van der Waals surface area (Å²) in [6.45, 7) is 2.16. The van der Waals surface area contributed by atoms with Gasteiger partial charge >= 0.3 is 12.0 Å². The number of rotatable bonds is 5. The molecule has 0 atom stereocenters. The lowest BCUT2D eigenvalue weighted by atomic mass is 10.3. The number of amides is 2. The van der Waals surface area contributed by atoms with Crippen LogP contribution in [0.15, 0.2) is 6.07 Å². The van der Waals surface area contributed by atoms with Crippen molar-refractivity contribution in [3.05, 3.63) is 17.5 Å². The second kappa shape index (κ2) is 6.35. The number of carbonyl (C=O) groups excluding carboxylic acids is 1. The Labute approximate surface area is 105 Å². The number of aromatic carboxylic acids is 1. The summed E-state index contributed by atoms with van der Waals surface area (Å²) in [5.74, 6) is 1.34. The van der Waals surface area contributed by atoms with Crippen LogP contribution < -0.4 is 10.6 Å². The van der Waals surface area contributed by atoms with E-state index in [4.69, 9.17) is 11.5 Å². The van der Waals surface area contributed by atoms with Gasteiger partial charge in [-0.2, -0.15) is 0 Å². The molecular formula is C12H15N3O3. The van der Waals surface area contributed by atoms with Crippen LogP contribution in [0, 0.1) is 19.3 Å². The van der Waals surface area contributed by atoms with Crippen LogP contribution >= 0.6 is 0 Å². The first-order valence-electron chi connectivity index (χ1n) is 5.45. The number of urea groups is 1. The summed E-state index contributed by atoms with van der Waals surface area (Å²) in [6.07, 6.45) is 6.35. The first-order valence-corrected chi connectivity index (χ1v) is 5.45. The predicted molar refractivity (Wildman–Crippen MR) is 67.6 cm³/mol. The van der Waals surface area contributed by atoms with E-state index in [2.05, 4.69) is 21.5 Å². The van der Waals surface area contributed by atoms with Gasteiger partial charge in [-0.3, -0.25) is 0 Å². The van der Waals surface area contributed by atoms with Gasteiger partial charge in [0.05, 0.1) is 5.69 Å². The third-order valence-electron chi connectivity index (χ3n) is 2.20. The van der Waals surface area contributed by atoms with Crippen LogP contribution in [0.1, 0.15) is 29.0 Å². The number of terminal acetylenes is 1. The molecule has 18 heavy (non-hydrogen) atoms. The van der Waals surface area contributed by atoms with Crippen molar-refractivity contribution in [1.29, 1.82) is 0 Å². The molecule has 0 aromatic carbocycles. The Kier molecular flexibility index (Phi) is 4.81. The number of hydrogen-bond donors (Lipinski definition) is 4. The van der Waals surface area contributed by atoms with E-state index in [0.29, 0.717) is 25.1 Å². The van der Waals surface area contributed by atoms with Crippen LogP contribution in [0.2, 0.25) is 0 Å². The molecule has 6 nitrogen and oxygen atoms in total. The first kappa shape index (κ1) is 13.6. The topological polar surface area (TPSA) is 94.2 Å². The highest BCUT2D eigenvalue weighted by molar-refractivity contribution is 5.99. The van der Waals surface area contributed by atoms with Gasteiger partial charge in [0.15, 0.2) is 0 Å². The molecule has 0 radical (unpaired) electrons. The van der Waals surface area contributed by atoms with Gasteiger partial charge in [0, 0.05) is 18.7 Å². The molecule has 0 unspecified atom stereocenters. The van der Waals surface area contributed by atoms with Crippen molar-refractivity contribution in [2.45, 2.75) is 19.8 Å². The lowest BCUT2D eigenvalue weighted by Gasteiger charge is -2.06. The van der Waals surface area contributed by atoms with Crippen molar-refractivity contribution in [2.75, 3.05) is 11.9 Å². The fourth-order valence-corrected chi connectivity index (χ4v) is 1.42. The number of carboxylic acid groups (broad SMARTS) is 1. The second-order valence-electron chi connectivity index (χ2n) is 3.73. The third-order valence-corrected chi connectivity index (χ3v) is 2.20. The summed E-state index contributed by atoms with van der Waals surface area (Å²) in [4.78, 5) is 25.0. The standard InChI is InChI=1S/C12H15N3O3/c1-3-4-5-6-13-12(18)15-9-7-8(2)14-10(9)11(16)17/h1,7,14H,4-6H2,2H3,(H,16,17)(H2,13,15,18). The summed E-state index contributed by atoms with van der Waals surface area (Å²) >= 11 is 0. The number of H-pyrrole nitrogens is 1. The number of aryl methyl sites for hydroxylation is 1. The van der Waals surface area contributed by atoms with Crippen LogP contribution in [-0.2, 0) is 0 Å². The Morgan fingerprint density at radius 1 is 1.56 bits per heavy atom. The molecule has 0 aliphatic carbocycles. The van der Waals surface area contributed by atoms with Crippen molar-refractivity contribution in [3.63, 3.8) is 0 Å². The fraction of sp³-hybridized carbons (Fsp3) is 0.333. The molecule has 96 valence electrons. The van der Waals surface area contributed by atoms with Gasteiger partial charge in [0.25, 0.3) is 0 Å². The molecule has 2 amide bonds. The van der Waals surface area contributed by atoms with Crippen molar-refractivity contribution >= 4 is 17.7 Å². The number of nitrogens with one attached hydrogen (secondary N) is 3. The highest BCUT2D eigenvalue weighted by atomic mass is 16.4. The number of aromatic nitrogens is 1. The fourth-order valence-electron chi connectivity index (χ4n) is 1.42. The summed E-state index contributed by atoms with van der Waals surface area (Å²) in [5.41, 5.74) is 0.871. The predicted octanol–water partition coefficient (Wildman–Crippen LogP) is 1.56. The zero-order chi connectivity index (χ0) is 13.5. The number of aromatic amines is 1. The average molecular weight is 249 g/mol. The summed E-state index contributed by atoms with van der Waals surface area (Å²) in [5, 5.41) is 14.0. The Balaban J connectivity index is 2.54. The SMILES string of the molecule is C#CCCCNC(=O)Nc1cc(C)[nH]c1C(=O)O. The van der Waals surface area contributed by atoms with Gasteiger partial charge in [-0.25, -0.2) is 9.59 Å². The molecule has 6 heteroatoms. The molecule has 1 aromatic rings. The molecule has 0 fully saturated rings. The molecule has 0 saturated carbocycles. The molecule has 0 bridgehead atoms. The highest BCUT2D eigenvalue weighted by Gasteiger charge is 2.14. The number of hydrogen-bond acceptors (Lipinski definition) is 2. The minimum atomic E-state index is -1.12. The van der Waals surface area contributed by atoms with Gasteiger partial charge in [-0.05, 0) is 19.4 Å². The first-order chi connectivity index (χ1) is 8.54. The molecule has 0 saturated heterocycles. The zero-order valence-corrected chi connectivity index (χ0v) is 10.0. The smallest absolute Gasteiger partial charge is 0.354 e. The maximum Gasteiger partial charge on any atom is 0.354 e. The van der Waals surface area contributed by atoms with Crippen LogP contribution in [0.5, 0.6) is 0 Å². The Morgan fingerprint density at radius 2 is 2.28 bits per heavy atom. The van der Waals surface area contributed by atoms with E-state index >= 15 is 0 Å². The maximum atomic E-state index is 11.5. The van der Waals surface area contributed by atoms with Crippen LogP contribution in [0.25, 0.3) is 0 Å². The van der Waals surface area contributed by atoms with Crippen molar-refractivity contribution in [3.8, 4) is 12.3 Å². The quantitative estimate of drug-likeness (QED) is 0.471. The Bertz CT molecular complexity index is 485. The van der Waals surface area contributed by atoms with Gasteiger partial charge < -0.3 is 20.7 Å². The molecular weight excluding hydrogens is 234 g/mol. The molecule has 0 spiro atoms. The lowest BCUT2D eigenvalue weighted by molar-refractivity contribution is 0.0692. The minimum Gasteiger partial charge on any atom is -0.477 e. The van der Waals surface area contributed by atoms with E-state index < -0.39 is 12.0 Å². The lowest BCUT2D eigenvalue weighted by Crippen LogP contribution is -2.29. The monoisotopic (exact) mass is 249 g/mol. The van der Waals surface area contributed by atoms with E-state index in [1.807, 2.05) is 0 Å². The largest absolute Gasteiger partial charge is 0.477 e. The molecule has 0 aliphatic rings. The normalized spacial score (nSPS) is 9.56. The number of anilines is 1. The van der Waals surface area contributed by atoms with Gasteiger partial charge in [0.2, 0.25) is 0 Å². The minimum absolute atomic E-state index is 0.0359. The van der Waals surface area contributed by atoms with Gasteiger partial charge in [0.1, 0.15) is 5.69 Å². The molecule has 1 aromatic heterocycles. The van der Waals surface area contributed by atoms with Crippen LogP contribution in [0.3, 0.4) is 0 Å². The van der Waals surface area contributed by atoms with E-state index in [0.717, 1.165) is 0 Å². The highest BCUT2D eigenvalue weighted by Crippen LogP contribution is 2.16. The zero-order valence-electron chi connectivity index (χ0n) is 10.0. The van der Waals surface area contributed by atoms with E-state index in [1.165, 1.54) is 0 Å². The summed E-state index contributed by atoms with van der Waals surface area (Å²) in [6, 6.07) is 1.11. The van der Waals surface area contributed by atoms with E-state index in [9.17, 15) is 9.59 Å². The summed E-state index contributed by atoms with van der Waals surface area (Å²) in [7, 11) is 0. The van der Waals surface area contributed by atoms with Crippen LogP contribution in [0.4, 0.5) is 10.5 Å². The van der Waals surface area contributed by atoms with Gasteiger partial charge in [-0.15, -0.1) is 12.3 Å². The third kappa shape index (κ3) is 3.87. The molecule has 4 N–H and O–H groups in total. The van der Waals surface area contributed by atoms with Crippen molar-refractivity contribution in [2.24, 2.45) is 0 Å². The molecule has 0 aliphatic heterocycles. The number of unbranched alkanes of at least 4 members (excludes halogenated alkanes) is 1. The van der Waals surface area contributed by atoms with Crippen LogP contribution in [-0.4, -0.2) is 28.6 Å². The van der Waals surface area contributed by atoms with Gasteiger partial charge in [-0.1, -0.05) is 0 Å². The second-order valence-corrected chi connectivity index (χ2v) is 3.73. The number of carbonyl (C=O) groups is 2. The van der Waals surface area contributed by atoms with E-state index in [1.54, 1.807) is 13.0 Å². The molecule has 1 heterocycles. The van der Waals surface area contributed by atoms with E-state index in [-0.39, 0.29) is 11.4 Å². The van der Waals surface area contributed by atoms with Crippen molar-refractivity contribution in [1.82, 2.24) is 10.3 Å². The van der Waals surface area contributed by atoms with Crippen molar-refractivity contribution < 1.29 is 14.7 Å². The maximum absolute atomic E-state index is 11.5. The average Bonchev–Trinajstić information content (AvgIpc) is 2.66. The Hall–Kier alpha value is -2.42. The number of carboxylic acids is 1.